The molecule has 33 heavy (non-hydrogen) atoms. The number of benzene rings is 3. The Balaban J connectivity index is 1.48. The minimum Gasteiger partial charge on any atom is -0.320 e. The van der Waals surface area contributed by atoms with Crippen molar-refractivity contribution >= 4 is 17.6 Å². The third kappa shape index (κ3) is 4.15. The number of aryl methyl sites for hydroxylation is 1. The average molecular weight is 437 g/mol. The molecule has 1 N–H and O–H groups in total. The number of urea groups is 1. The molecule has 0 saturated heterocycles. The normalized spacial score (nSPS) is 12.8. The van der Waals surface area contributed by atoms with Gasteiger partial charge in [0.1, 0.15) is 0 Å². The summed E-state index contributed by atoms with van der Waals surface area (Å²) in [5.41, 5.74) is 5.92. The molecule has 6 nitrogen and oxygen atoms in total. The van der Waals surface area contributed by atoms with Crippen molar-refractivity contribution in [2.75, 3.05) is 11.9 Å². The molecule has 1 aliphatic heterocycles. The summed E-state index contributed by atoms with van der Waals surface area (Å²) < 4.78 is 1.52. The van der Waals surface area contributed by atoms with Crippen LogP contribution in [0.5, 0.6) is 0 Å². The Morgan fingerprint density at radius 2 is 1.55 bits per heavy atom. The van der Waals surface area contributed by atoms with E-state index in [2.05, 4.69) is 5.32 Å². The molecule has 0 fully saturated rings. The van der Waals surface area contributed by atoms with Gasteiger partial charge in [0.05, 0.1) is 17.9 Å². The number of anilines is 1. The summed E-state index contributed by atoms with van der Waals surface area (Å²) in [6.07, 6.45) is 0.551. The van der Waals surface area contributed by atoms with E-state index in [1.807, 2.05) is 79.7 Å². The van der Waals surface area contributed by atoms with Crippen molar-refractivity contribution in [2.24, 2.45) is 0 Å². The van der Waals surface area contributed by atoms with Crippen LogP contribution in [0.15, 0.2) is 84.9 Å². The van der Waals surface area contributed by atoms with Gasteiger partial charge in [-0.2, -0.15) is 9.78 Å². The molecule has 164 valence electrons. The third-order valence-corrected chi connectivity index (χ3v) is 5.91. The molecule has 1 aliphatic rings. The largest absolute Gasteiger partial charge is 0.322 e. The highest BCUT2D eigenvalue weighted by molar-refractivity contribution is 5.96. The van der Waals surface area contributed by atoms with E-state index in [9.17, 15) is 9.59 Å². The number of carbonyl (C=O) groups is 2. The number of rotatable bonds is 3. The summed E-state index contributed by atoms with van der Waals surface area (Å²) in [5, 5.41) is 7.71. The topological polar surface area (TPSA) is 67.2 Å². The summed E-state index contributed by atoms with van der Waals surface area (Å²) in [5.74, 6) is -0.161. The van der Waals surface area contributed by atoms with Gasteiger partial charge < -0.3 is 10.2 Å². The highest BCUT2D eigenvalue weighted by Gasteiger charge is 2.30. The Labute approximate surface area is 192 Å². The molecule has 2 amide bonds. The van der Waals surface area contributed by atoms with Gasteiger partial charge in [-0.3, -0.25) is 4.79 Å². The number of fused-ring (bicyclic) bond motifs is 1. The van der Waals surface area contributed by atoms with Crippen LogP contribution in [-0.2, 0) is 13.0 Å². The fourth-order valence-electron chi connectivity index (χ4n) is 4.13. The number of hydrogen-bond donors (Lipinski definition) is 1. The molecule has 0 atom stereocenters. The quantitative estimate of drug-likeness (QED) is 0.484. The Bertz CT molecular complexity index is 1300. The van der Waals surface area contributed by atoms with Crippen molar-refractivity contribution in [1.29, 1.82) is 0 Å². The van der Waals surface area contributed by atoms with Gasteiger partial charge >= 0.3 is 6.03 Å². The van der Waals surface area contributed by atoms with Crippen LogP contribution in [0.2, 0.25) is 0 Å². The number of aromatic nitrogens is 2. The molecule has 0 spiro atoms. The van der Waals surface area contributed by atoms with Crippen LogP contribution in [0.3, 0.4) is 0 Å². The second kappa shape index (κ2) is 8.74. The molecular weight excluding hydrogens is 412 g/mol. The summed E-state index contributed by atoms with van der Waals surface area (Å²) in [4.78, 5) is 28.0. The van der Waals surface area contributed by atoms with Crippen molar-refractivity contribution in [2.45, 2.75) is 19.9 Å². The van der Waals surface area contributed by atoms with E-state index in [4.69, 9.17) is 5.10 Å². The second-order valence-corrected chi connectivity index (χ2v) is 8.19. The summed E-state index contributed by atoms with van der Waals surface area (Å²) in [6, 6.07) is 26.5. The molecule has 2 heterocycles. The molecule has 0 saturated carbocycles. The lowest BCUT2D eigenvalue weighted by atomic mass is 10.0. The van der Waals surface area contributed by atoms with Crippen LogP contribution in [0.4, 0.5) is 10.5 Å². The highest BCUT2D eigenvalue weighted by atomic mass is 16.2. The Morgan fingerprint density at radius 3 is 2.24 bits per heavy atom. The average Bonchev–Trinajstić information content (AvgIpc) is 3.25. The Hall–Kier alpha value is -4.19. The molecule has 3 aromatic carbocycles. The van der Waals surface area contributed by atoms with Gasteiger partial charge in [0.25, 0.3) is 5.91 Å². The van der Waals surface area contributed by atoms with E-state index in [-0.39, 0.29) is 11.9 Å². The minimum absolute atomic E-state index is 0.161. The summed E-state index contributed by atoms with van der Waals surface area (Å²) in [6.45, 7) is 2.91. The molecular formula is C27H24N4O2. The van der Waals surface area contributed by atoms with E-state index >= 15 is 0 Å². The first kappa shape index (κ1) is 20.7. The lowest BCUT2D eigenvalue weighted by Crippen LogP contribution is -2.39. The lowest BCUT2D eigenvalue weighted by molar-refractivity contribution is 0.0940. The van der Waals surface area contributed by atoms with E-state index in [0.717, 1.165) is 33.8 Å². The first-order valence-electron chi connectivity index (χ1n) is 11.0. The standard InChI is InChI=1S/C27H24N4O2/c1-19-12-14-22(15-13-19)28-27(33)30-17-16-24-23(18-30)25(20-8-4-2-5-9-20)29-31(24)26(32)21-10-6-3-7-11-21/h2-15H,16-18H2,1H3,(H,28,33). The van der Waals surface area contributed by atoms with Gasteiger partial charge in [-0.05, 0) is 31.2 Å². The first-order chi connectivity index (χ1) is 16.1. The van der Waals surface area contributed by atoms with Crippen LogP contribution >= 0.6 is 0 Å². The number of amides is 2. The van der Waals surface area contributed by atoms with Crippen molar-refractivity contribution in [3.05, 3.63) is 107 Å². The maximum Gasteiger partial charge on any atom is 0.322 e. The molecule has 0 bridgehead atoms. The predicted molar refractivity (Wildman–Crippen MR) is 128 cm³/mol. The fraction of sp³-hybridized carbons (Fsp3) is 0.148. The monoisotopic (exact) mass is 436 g/mol. The second-order valence-electron chi connectivity index (χ2n) is 8.19. The molecule has 0 unspecified atom stereocenters. The van der Waals surface area contributed by atoms with Crippen molar-refractivity contribution in [3.8, 4) is 11.3 Å². The maximum atomic E-state index is 13.3. The molecule has 5 rings (SSSR count). The number of hydrogen-bond acceptors (Lipinski definition) is 3. The van der Waals surface area contributed by atoms with Gasteiger partial charge in [0, 0.05) is 35.3 Å². The fourth-order valence-corrected chi connectivity index (χ4v) is 4.13. The van der Waals surface area contributed by atoms with Crippen molar-refractivity contribution < 1.29 is 9.59 Å². The van der Waals surface area contributed by atoms with Crippen LogP contribution in [-0.4, -0.2) is 33.2 Å². The number of nitrogens with one attached hydrogen (secondary N) is 1. The van der Waals surface area contributed by atoms with Gasteiger partial charge in [-0.15, -0.1) is 0 Å². The molecule has 0 radical (unpaired) electrons. The van der Waals surface area contributed by atoms with E-state index in [1.165, 1.54) is 4.68 Å². The van der Waals surface area contributed by atoms with Gasteiger partial charge in [-0.1, -0.05) is 66.2 Å². The first-order valence-corrected chi connectivity index (χ1v) is 11.0. The van der Waals surface area contributed by atoms with E-state index in [1.54, 1.807) is 17.0 Å². The third-order valence-electron chi connectivity index (χ3n) is 5.91. The minimum atomic E-state index is -0.161. The predicted octanol–water partition coefficient (Wildman–Crippen LogP) is 5.14. The van der Waals surface area contributed by atoms with Gasteiger partial charge in [0.2, 0.25) is 0 Å². The van der Waals surface area contributed by atoms with Crippen LogP contribution < -0.4 is 5.32 Å². The van der Waals surface area contributed by atoms with Crippen LogP contribution in [0, 0.1) is 6.92 Å². The zero-order valence-electron chi connectivity index (χ0n) is 18.4. The maximum absolute atomic E-state index is 13.3. The van der Waals surface area contributed by atoms with Crippen molar-refractivity contribution in [3.63, 3.8) is 0 Å². The molecule has 1 aromatic heterocycles. The number of carbonyl (C=O) groups excluding carboxylic acids is 2. The van der Waals surface area contributed by atoms with Crippen LogP contribution in [0.25, 0.3) is 11.3 Å². The van der Waals surface area contributed by atoms with Gasteiger partial charge in [-0.25, -0.2) is 4.79 Å². The van der Waals surface area contributed by atoms with Gasteiger partial charge in [0.15, 0.2) is 0 Å². The lowest BCUT2D eigenvalue weighted by Gasteiger charge is -2.28. The molecule has 6 heteroatoms. The highest BCUT2D eigenvalue weighted by Crippen LogP contribution is 2.31. The molecule has 0 aliphatic carbocycles. The number of nitrogens with zero attached hydrogens (tertiary/aromatic N) is 3. The summed E-state index contributed by atoms with van der Waals surface area (Å²) in [7, 11) is 0. The van der Waals surface area contributed by atoms with Crippen molar-refractivity contribution in [1.82, 2.24) is 14.7 Å². The Kier molecular flexibility index (Phi) is 5.48. The van der Waals surface area contributed by atoms with E-state index in [0.29, 0.717) is 25.1 Å². The molecule has 4 aromatic rings. The SMILES string of the molecule is Cc1ccc(NC(=O)N2CCc3c(c(-c4ccccc4)nn3C(=O)c3ccccc3)C2)cc1. The van der Waals surface area contributed by atoms with E-state index < -0.39 is 0 Å². The zero-order valence-corrected chi connectivity index (χ0v) is 18.4. The summed E-state index contributed by atoms with van der Waals surface area (Å²) >= 11 is 0. The smallest absolute Gasteiger partial charge is 0.320 e. The zero-order chi connectivity index (χ0) is 22.8. The van der Waals surface area contributed by atoms with Crippen LogP contribution in [0.1, 0.15) is 27.2 Å². The Morgan fingerprint density at radius 1 is 0.879 bits per heavy atom.